The van der Waals surface area contributed by atoms with E-state index in [9.17, 15) is 8.42 Å². The molecule has 0 radical (unpaired) electrons. The van der Waals surface area contributed by atoms with Crippen LogP contribution in [0.15, 0.2) is 30.5 Å². The minimum absolute atomic E-state index is 0.0936. The van der Waals surface area contributed by atoms with Crippen LogP contribution >= 0.6 is 0 Å². The molecule has 1 aliphatic heterocycles. The highest BCUT2D eigenvalue weighted by atomic mass is 32.2. The van der Waals surface area contributed by atoms with E-state index in [0.29, 0.717) is 24.5 Å². The molecule has 6 nitrogen and oxygen atoms in total. The smallest absolute Gasteiger partial charge is 0.257 e. The first-order valence-electron chi connectivity index (χ1n) is 7.09. The molecule has 2 heterocycles. The summed E-state index contributed by atoms with van der Waals surface area (Å²) < 4.78 is 28.7. The van der Waals surface area contributed by atoms with Crippen LogP contribution in [0.2, 0.25) is 0 Å². The molecule has 0 amide bonds. The molecule has 2 fully saturated rings. The van der Waals surface area contributed by atoms with Gasteiger partial charge in [-0.05, 0) is 42.5 Å². The highest BCUT2D eigenvalue weighted by Crippen LogP contribution is 2.48. The molecule has 22 heavy (non-hydrogen) atoms. The first-order valence-corrected chi connectivity index (χ1v) is 8.53. The second-order valence-electron chi connectivity index (χ2n) is 6.01. The molecule has 1 saturated heterocycles. The fourth-order valence-corrected chi connectivity index (χ4v) is 4.40. The van der Waals surface area contributed by atoms with E-state index in [0.717, 1.165) is 23.6 Å². The van der Waals surface area contributed by atoms with Crippen LogP contribution < -0.4 is 9.03 Å². The van der Waals surface area contributed by atoms with Crippen LogP contribution in [0.5, 0.6) is 0 Å². The zero-order chi connectivity index (χ0) is 15.4. The van der Waals surface area contributed by atoms with Crippen molar-refractivity contribution in [3.63, 3.8) is 0 Å². The maximum absolute atomic E-state index is 12.3. The quantitative estimate of drug-likeness (QED) is 0.865. The third-order valence-corrected chi connectivity index (χ3v) is 5.93. The highest BCUT2D eigenvalue weighted by Gasteiger charge is 2.50. The molecular weight excluding hydrogens is 300 g/mol. The van der Waals surface area contributed by atoms with Crippen LogP contribution in [-0.2, 0) is 10.2 Å². The van der Waals surface area contributed by atoms with Gasteiger partial charge in [0.2, 0.25) is 0 Å². The summed E-state index contributed by atoms with van der Waals surface area (Å²) in [5.74, 6) is 0. The minimum Gasteiger partial charge on any atom is -0.257 e. The third-order valence-electron chi connectivity index (χ3n) is 4.50. The average molecular weight is 314 g/mol. The number of nitrogens with zero attached hydrogens (tertiary/aromatic N) is 3. The molecule has 1 N–H and O–H groups in total. The standard InChI is InChI=1S/C15H14N4O2S/c16-8-14-13-2-1-12(7-11(13)3-6-17-14)19-10-15(4-5-15)9-18-22(19,20)21/h1-3,6-7,18H,4-5,9-10H2. The van der Waals surface area contributed by atoms with Gasteiger partial charge >= 0.3 is 10.2 Å². The van der Waals surface area contributed by atoms with Crippen molar-refractivity contribution in [2.75, 3.05) is 17.4 Å². The van der Waals surface area contributed by atoms with Crippen LogP contribution in [0.25, 0.3) is 10.8 Å². The number of nitrogens with one attached hydrogen (secondary N) is 1. The van der Waals surface area contributed by atoms with Crippen molar-refractivity contribution in [1.29, 1.82) is 5.26 Å². The van der Waals surface area contributed by atoms with E-state index in [4.69, 9.17) is 5.26 Å². The summed E-state index contributed by atoms with van der Waals surface area (Å²) in [5, 5.41) is 10.6. The first kappa shape index (κ1) is 13.5. The lowest BCUT2D eigenvalue weighted by atomic mass is 10.1. The Morgan fingerprint density at radius 1 is 1.32 bits per heavy atom. The van der Waals surface area contributed by atoms with Crippen molar-refractivity contribution in [2.24, 2.45) is 5.41 Å². The van der Waals surface area contributed by atoms with Gasteiger partial charge in [-0.1, -0.05) is 0 Å². The Morgan fingerprint density at radius 3 is 2.86 bits per heavy atom. The molecule has 2 aliphatic rings. The second-order valence-corrected chi connectivity index (χ2v) is 7.69. The van der Waals surface area contributed by atoms with E-state index in [2.05, 4.69) is 15.8 Å². The monoisotopic (exact) mass is 314 g/mol. The predicted octanol–water partition coefficient (Wildman–Crippen LogP) is 1.54. The Morgan fingerprint density at radius 2 is 2.14 bits per heavy atom. The first-order chi connectivity index (χ1) is 10.5. The zero-order valence-corrected chi connectivity index (χ0v) is 12.6. The average Bonchev–Trinajstić information content (AvgIpc) is 3.29. The summed E-state index contributed by atoms with van der Waals surface area (Å²) in [4.78, 5) is 4.02. The summed E-state index contributed by atoms with van der Waals surface area (Å²) in [6.45, 7) is 1.05. The van der Waals surface area contributed by atoms with Crippen molar-refractivity contribution in [1.82, 2.24) is 9.71 Å². The van der Waals surface area contributed by atoms with Crippen LogP contribution in [0.4, 0.5) is 5.69 Å². The summed E-state index contributed by atoms with van der Waals surface area (Å²) in [6, 6.07) is 9.15. The van der Waals surface area contributed by atoms with Gasteiger partial charge in [0, 0.05) is 30.1 Å². The Hall–Kier alpha value is -2.17. The molecule has 1 aliphatic carbocycles. The number of hydrogen-bond donors (Lipinski definition) is 1. The Kier molecular flexibility index (Phi) is 2.71. The number of pyridine rings is 1. The molecule has 0 atom stereocenters. The number of hydrogen-bond acceptors (Lipinski definition) is 4. The Bertz CT molecular complexity index is 913. The number of anilines is 1. The number of rotatable bonds is 1. The molecule has 0 unspecified atom stereocenters. The van der Waals surface area contributed by atoms with Gasteiger partial charge in [0.25, 0.3) is 0 Å². The van der Waals surface area contributed by atoms with Gasteiger partial charge in [-0.2, -0.15) is 18.4 Å². The maximum atomic E-state index is 12.3. The fraction of sp³-hybridized carbons (Fsp3) is 0.333. The topological polar surface area (TPSA) is 86.1 Å². The summed E-state index contributed by atoms with van der Waals surface area (Å²) in [6.07, 6.45) is 3.68. The lowest BCUT2D eigenvalue weighted by molar-refractivity contribution is 0.466. The second kappa shape index (κ2) is 4.41. The molecule has 0 bridgehead atoms. The fourth-order valence-electron chi connectivity index (χ4n) is 2.92. The van der Waals surface area contributed by atoms with Crippen molar-refractivity contribution >= 4 is 26.7 Å². The van der Waals surface area contributed by atoms with Crippen molar-refractivity contribution < 1.29 is 8.42 Å². The number of nitriles is 1. The number of aromatic nitrogens is 1. The maximum Gasteiger partial charge on any atom is 0.301 e. The molecule has 2 aromatic rings. The minimum atomic E-state index is -3.49. The molecule has 1 spiro atoms. The lowest BCUT2D eigenvalue weighted by Crippen LogP contribution is -2.52. The molecule has 1 aromatic heterocycles. The summed E-state index contributed by atoms with van der Waals surface area (Å²) in [5.41, 5.74) is 1.07. The zero-order valence-electron chi connectivity index (χ0n) is 11.8. The number of benzene rings is 1. The summed E-state index contributed by atoms with van der Waals surface area (Å²) >= 11 is 0. The van der Waals surface area contributed by atoms with Gasteiger partial charge in [-0.3, -0.25) is 4.31 Å². The molecule has 4 rings (SSSR count). The molecule has 7 heteroatoms. The van der Waals surface area contributed by atoms with Crippen LogP contribution in [0, 0.1) is 16.7 Å². The third kappa shape index (κ3) is 2.03. The lowest BCUT2D eigenvalue weighted by Gasteiger charge is -2.34. The van der Waals surface area contributed by atoms with E-state index in [-0.39, 0.29) is 5.41 Å². The molecule has 112 valence electrons. The van der Waals surface area contributed by atoms with Crippen LogP contribution in [0.3, 0.4) is 0 Å². The van der Waals surface area contributed by atoms with Gasteiger partial charge in [0.05, 0.1) is 5.69 Å². The van der Waals surface area contributed by atoms with Gasteiger partial charge < -0.3 is 0 Å². The van der Waals surface area contributed by atoms with E-state index >= 15 is 0 Å². The van der Waals surface area contributed by atoms with E-state index in [1.165, 1.54) is 4.31 Å². The Balaban J connectivity index is 1.82. The SMILES string of the molecule is N#Cc1nccc2cc(N3CC4(CC4)CNS3(=O)=O)ccc12. The highest BCUT2D eigenvalue weighted by molar-refractivity contribution is 7.91. The van der Waals surface area contributed by atoms with Crippen molar-refractivity contribution in [3.05, 3.63) is 36.2 Å². The van der Waals surface area contributed by atoms with Crippen molar-refractivity contribution in [3.8, 4) is 6.07 Å². The van der Waals surface area contributed by atoms with Gasteiger partial charge in [0.1, 0.15) is 11.8 Å². The van der Waals surface area contributed by atoms with Gasteiger partial charge in [-0.25, -0.2) is 4.98 Å². The molecule has 1 saturated carbocycles. The summed E-state index contributed by atoms with van der Waals surface area (Å²) in [7, 11) is -3.49. The predicted molar refractivity (Wildman–Crippen MR) is 82.4 cm³/mol. The van der Waals surface area contributed by atoms with Gasteiger partial charge in [0.15, 0.2) is 0 Å². The van der Waals surface area contributed by atoms with E-state index in [1.54, 1.807) is 30.5 Å². The number of fused-ring (bicyclic) bond motifs is 1. The van der Waals surface area contributed by atoms with E-state index < -0.39 is 10.2 Å². The molecule has 1 aromatic carbocycles. The largest absolute Gasteiger partial charge is 0.301 e. The van der Waals surface area contributed by atoms with E-state index in [1.807, 2.05) is 0 Å². The normalized spacial score (nSPS) is 21.7. The van der Waals surface area contributed by atoms with Crippen LogP contribution in [-0.4, -0.2) is 26.5 Å². The van der Waals surface area contributed by atoms with Crippen molar-refractivity contribution in [2.45, 2.75) is 12.8 Å². The molecular formula is C15H14N4O2S. The van der Waals surface area contributed by atoms with Gasteiger partial charge in [-0.15, -0.1) is 0 Å². The Labute approximate surface area is 128 Å². The van der Waals surface area contributed by atoms with Crippen LogP contribution in [0.1, 0.15) is 18.5 Å².